The third-order valence-electron chi connectivity index (χ3n) is 3.21. The predicted octanol–water partition coefficient (Wildman–Crippen LogP) is 1.86. The SMILES string of the molecule is CC(C)(C)c1cc(C(=O)NCC(N)C2CC2)no1.Cl. The number of amides is 1. The number of carbonyl (C=O) groups excluding carboxylic acids is 1. The van der Waals surface area contributed by atoms with Gasteiger partial charge in [0.25, 0.3) is 5.91 Å². The smallest absolute Gasteiger partial charge is 0.273 e. The van der Waals surface area contributed by atoms with E-state index in [0.29, 0.717) is 23.9 Å². The van der Waals surface area contributed by atoms with Crippen molar-refractivity contribution in [1.82, 2.24) is 10.5 Å². The quantitative estimate of drug-likeness (QED) is 0.886. The van der Waals surface area contributed by atoms with Crippen molar-refractivity contribution < 1.29 is 9.32 Å². The van der Waals surface area contributed by atoms with Gasteiger partial charge >= 0.3 is 0 Å². The average Bonchev–Trinajstić information content (AvgIpc) is 3.00. The zero-order valence-electron chi connectivity index (χ0n) is 11.6. The second-order valence-corrected chi connectivity index (χ2v) is 6.04. The van der Waals surface area contributed by atoms with Gasteiger partial charge in [0, 0.05) is 24.1 Å². The molecule has 0 aromatic carbocycles. The maximum absolute atomic E-state index is 11.8. The van der Waals surface area contributed by atoms with Crippen LogP contribution in [-0.2, 0) is 5.41 Å². The fourth-order valence-corrected chi connectivity index (χ4v) is 1.73. The van der Waals surface area contributed by atoms with Crippen molar-refractivity contribution in [3.8, 4) is 0 Å². The lowest BCUT2D eigenvalue weighted by Gasteiger charge is -2.12. The van der Waals surface area contributed by atoms with Gasteiger partial charge in [-0.25, -0.2) is 0 Å². The van der Waals surface area contributed by atoms with Gasteiger partial charge in [0.1, 0.15) is 5.76 Å². The van der Waals surface area contributed by atoms with E-state index >= 15 is 0 Å². The Morgan fingerprint density at radius 1 is 1.58 bits per heavy atom. The summed E-state index contributed by atoms with van der Waals surface area (Å²) in [6.45, 7) is 6.54. The van der Waals surface area contributed by atoms with Gasteiger partial charge in [-0.1, -0.05) is 25.9 Å². The van der Waals surface area contributed by atoms with Gasteiger partial charge in [-0.3, -0.25) is 4.79 Å². The normalized spacial score (nSPS) is 16.6. The standard InChI is InChI=1S/C13H21N3O2.ClH/c1-13(2,3)11-6-10(16-18-11)12(17)15-7-9(14)8-4-5-8;/h6,8-9H,4-5,7,14H2,1-3H3,(H,15,17);1H. The molecule has 1 aliphatic carbocycles. The number of hydrogen-bond donors (Lipinski definition) is 2. The molecule has 6 heteroatoms. The molecule has 1 unspecified atom stereocenters. The summed E-state index contributed by atoms with van der Waals surface area (Å²) in [5, 5.41) is 6.59. The third kappa shape index (κ3) is 4.21. The Hall–Kier alpha value is -1.07. The molecule has 1 amide bonds. The van der Waals surface area contributed by atoms with Crippen LogP contribution < -0.4 is 11.1 Å². The lowest BCUT2D eigenvalue weighted by atomic mass is 9.93. The molecule has 1 atom stereocenters. The van der Waals surface area contributed by atoms with Crippen LogP contribution in [0.3, 0.4) is 0 Å². The molecule has 0 radical (unpaired) electrons. The highest BCUT2D eigenvalue weighted by molar-refractivity contribution is 5.92. The largest absolute Gasteiger partial charge is 0.360 e. The molecule has 0 bridgehead atoms. The molecule has 2 rings (SSSR count). The van der Waals surface area contributed by atoms with Gasteiger partial charge < -0.3 is 15.6 Å². The van der Waals surface area contributed by atoms with E-state index in [1.807, 2.05) is 20.8 Å². The fourth-order valence-electron chi connectivity index (χ4n) is 1.73. The molecule has 19 heavy (non-hydrogen) atoms. The van der Waals surface area contributed by atoms with E-state index in [0.717, 1.165) is 0 Å². The number of rotatable bonds is 4. The summed E-state index contributed by atoms with van der Waals surface area (Å²) >= 11 is 0. The predicted molar refractivity (Wildman–Crippen MR) is 75.5 cm³/mol. The zero-order chi connectivity index (χ0) is 13.3. The number of carbonyl (C=O) groups is 1. The van der Waals surface area contributed by atoms with Crippen LogP contribution in [-0.4, -0.2) is 23.7 Å². The Morgan fingerprint density at radius 2 is 2.21 bits per heavy atom. The van der Waals surface area contributed by atoms with E-state index in [1.165, 1.54) is 12.8 Å². The second kappa shape index (κ2) is 5.92. The lowest BCUT2D eigenvalue weighted by molar-refractivity contribution is 0.0941. The van der Waals surface area contributed by atoms with E-state index in [2.05, 4.69) is 10.5 Å². The van der Waals surface area contributed by atoms with Crippen LogP contribution in [0.2, 0.25) is 0 Å². The van der Waals surface area contributed by atoms with E-state index in [1.54, 1.807) is 6.07 Å². The van der Waals surface area contributed by atoms with Crippen LogP contribution in [0.15, 0.2) is 10.6 Å². The van der Waals surface area contributed by atoms with Gasteiger partial charge in [-0.05, 0) is 18.8 Å². The van der Waals surface area contributed by atoms with Crippen LogP contribution in [0.1, 0.15) is 49.9 Å². The fraction of sp³-hybridized carbons (Fsp3) is 0.692. The highest BCUT2D eigenvalue weighted by atomic mass is 35.5. The van der Waals surface area contributed by atoms with Crippen molar-refractivity contribution in [2.24, 2.45) is 11.7 Å². The van der Waals surface area contributed by atoms with Crippen LogP contribution in [0.25, 0.3) is 0 Å². The molecular formula is C13H22ClN3O2. The highest BCUT2D eigenvalue weighted by Gasteiger charge is 2.29. The van der Waals surface area contributed by atoms with E-state index in [-0.39, 0.29) is 29.8 Å². The van der Waals surface area contributed by atoms with Crippen molar-refractivity contribution in [1.29, 1.82) is 0 Å². The first-order chi connectivity index (χ1) is 8.38. The van der Waals surface area contributed by atoms with E-state index in [4.69, 9.17) is 10.3 Å². The molecule has 1 saturated carbocycles. The molecule has 3 N–H and O–H groups in total. The zero-order valence-corrected chi connectivity index (χ0v) is 12.4. The number of halogens is 1. The van der Waals surface area contributed by atoms with Gasteiger partial charge in [-0.15, -0.1) is 12.4 Å². The molecule has 0 aliphatic heterocycles. The van der Waals surface area contributed by atoms with Crippen LogP contribution in [0.4, 0.5) is 0 Å². The summed E-state index contributed by atoms with van der Waals surface area (Å²) in [5.41, 5.74) is 6.10. The third-order valence-corrected chi connectivity index (χ3v) is 3.21. The maximum atomic E-state index is 11.8. The van der Waals surface area contributed by atoms with E-state index in [9.17, 15) is 4.79 Å². The molecule has 5 nitrogen and oxygen atoms in total. The van der Waals surface area contributed by atoms with Crippen LogP contribution in [0.5, 0.6) is 0 Å². The highest BCUT2D eigenvalue weighted by Crippen LogP contribution is 2.31. The molecule has 1 heterocycles. The molecule has 0 saturated heterocycles. The first kappa shape index (κ1) is 16.0. The number of nitrogens with one attached hydrogen (secondary N) is 1. The minimum Gasteiger partial charge on any atom is -0.360 e. The number of nitrogens with zero attached hydrogens (tertiary/aromatic N) is 1. The first-order valence-corrected chi connectivity index (χ1v) is 6.39. The van der Waals surface area contributed by atoms with E-state index < -0.39 is 0 Å². The summed E-state index contributed by atoms with van der Waals surface area (Å²) in [4.78, 5) is 11.8. The molecule has 0 spiro atoms. The van der Waals surface area contributed by atoms with Crippen molar-refractivity contribution in [3.05, 3.63) is 17.5 Å². The monoisotopic (exact) mass is 287 g/mol. The molecule has 1 aromatic heterocycles. The lowest BCUT2D eigenvalue weighted by Crippen LogP contribution is -2.38. The van der Waals surface area contributed by atoms with Gasteiger partial charge in [0.2, 0.25) is 0 Å². The number of hydrogen-bond acceptors (Lipinski definition) is 4. The summed E-state index contributed by atoms with van der Waals surface area (Å²) in [5.74, 6) is 1.07. The Morgan fingerprint density at radius 3 is 2.68 bits per heavy atom. The Bertz CT molecular complexity index is 435. The topological polar surface area (TPSA) is 81.2 Å². The number of nitrogens with two attached hydrogens (primary N) is 1. The van der Waals surface area contributed by atoms with Gasteiger partial charge in [0.05, 0.1) is 0 Å². The molecule has 1 aromatic rings. The Balaban J connectivity index is 0.00000180. The Kier molecular flexibility index (Phi) is 4.98. The minimum atomic E-state index is -0.217. The molecule has 1 fully saturated rings. The molecular weight excluding hydrogens is 266 g/mol. The van der Waals surface area contributed by atoms with Gasteiger partial charge in [0.15, 0.2) is 5.69 Å². The maximum Gasteiger partial charge on any atom is 0.273 e. The number of aromatic nitrogens is 1. The summed E-state index contributed by atoms with van der Waals surface area (Å²) < 4.78 is 5.17. The van der Waals surface area contributed by atoms with Crippen molar-refractivity contribution in [2.45, 2.75) is 45.1 Å². The van der Waals surface area contributed by atoms with Crippen LogP contribution in [0, 0.1) is 5.92 Å². The first-order valence-electron chi connectivity index (χ1n) is 6.39. The Labute approximate surface area is 119 Å². The van der Waals surface area contributed by atoms with Crippen molar-refractivity contribution in [2.75, 3.05) is 6.54 Å². The molecule has 108 valence electrons. The summed E-state index contributed by atoms with van der Waals surface area (Å²) in [7, 11) is 0. The second-order valence-electron chi connectivity index (χ2n) is 6.04. The van der Waals surface area contributed by atoms with Crippen molar-refractivity contribution >= 4 is 18.3 Å². The molecule has 1 aliphatic rings. The summed E-state index contributed by atoms with van der Waals surface area (Å²) in [6, 6.07) is 1.75. The van der Waals surface area contributed by atoms with Gasteiger partial charge in [-0.2, -0.15) is 0 Å². The summed E-state index contributed by atoms with van der Waals surface area (Å²) in [6.07, 6.45) is 2.35. The van der Waals surface area contributed by atoms with Crippen molar-refractivity contribution in [3.63, 3.8) is 0 Å². The minimum absolute atomic E-state index is 0. The van der Waals surface area contributed by atoms with Crippen LogP contribution >= 0.6 is 12.4 Å². The average molecular weight is 288 g/mol.